The molecular weight excluding hydrogens is 244 g/mol. The fourth-order valence-corrected chi connectivity index (χ4v) is 1.17. The van der Waals surface area contributed by atoms with Gasteiger partial charge in [-0.1, -0.05) is 0 Å². The second kappa shape index (κ2) is 4.63. The number of hydrogen-bond acceptors (Lipinski definition) is 6. The second-order valence-corrected chi connectivity index (χ2v) is 3.10. The SMILES string of the molecule is O=[N+]([O-])c1cc(OS(=O)O)cc([N+](=O)[O-])c1. The second-order valence-electron chi connectivity index (χ2n) is 2.50. The number of hydrogen-bond donors (Lipinski definition) is 1. The van der Waals surface area contributed by atoms with E-state index in [4.69, 9.17) is 4.55 Å². The topological polar surface area (TPSA) is 133 Å². The number of nitro benzene ring substituents is 2. The van der Waals surface area contributed by atoms with Gasteiger partial charge in [0.2, 0.25) is 0 Å². The minimum absolute atomic E-state index is 0.429. The van der Waals surface area contributed by atoms with E-state index in [1.807, 2.05) is 0 Å². The molecular formula is C6H4N2O7S. The summed E-state index contributed by atoms with van der Waals surface area (Å²) in [5.41, 5.74) is -1.20. The Morgan fingerprint density at radius 1 is 1.12 bits per heavy atom. The molecule has 9 nitrogen and oxygen atoms in total. The molecule has 0 aliphatic rings. The molecule has 0 aliphatic carbocycles. The molecule has 0 saturated heterocycles. The molecule has 1 aromatic rings. The highest BCUT2D eigenvalue weighted by Crippen LogP contribution is 2.27. The van der Waals surface area contributed by atoms with Gasteiger partial charge in [-0.05, 0) is 0 Å². The molecule has 1 unspecified atom stereocenters. The minimum Gasteiger partial charge on any atom is -0.380 e. The van der Waals surface area contributed by atoms with Crippen LogP contribution in [0.15, 0.2) is 18.2 Å². The average molecular weight is 248 g/mol. The first-order valence-electron chi connectivity index (χ1n) is 3.63. The van der Waals surface area contributed by atoms with E-state index in [2.05, 4.69) is 4.18 Å². The molecule has 16 heavy (non-hydrogen) atoms. The van der Waals surface area contributed by atoms with Crippen molar-refractivity contribution >= 4 is 22.7 Å². The van der Waals surface area contributed by atoms with Crippen LogP contribution in [0, 0.1) is 20.2 Å². The number of non-ortho nitro benzene ring substituents is 2. The highest BCUT2D eigenvalue weighted by Gasteiger charge is 2.18. The molecule has 1 N–H and O–H groups in total. The predicted octanol–water partition coefficient (Wildman–Crippen LogP) is 1.02. The first kappa shape index (κ1) is 12.0. The van der Waals surface area contributed by atoms with Crippen LogP contribution in [0.4, 0.5) is 11.4 Å². The van der Waals surface area contributed by atoms with Crippen LogP contribution in [-0.4, -0.2) is 18.6 Å². The number of nitro groups is 2. The first-order chi connectivity index (χ1) is 7.40. The Morgan fingerprint density at radius 2 is 1.56 bits per heavy atom. The molecule has 0 bridgehead atoms. The zero-order valence-electron chi connectivity index (χ0n) is 7.43. The summed E-state index contributed by atoms with van der Waals surface area (Å²) in [7, 11) is 0. The van der Waals surface area contributed by atoms with Crippen LogP contribution < -0.4 is 4.18 Å². The molecule has 0 heterocycles. The van der Waals surface area contributed by atoms with E-state index < -0.39 is 38.3 Å². The van der Waals surface area contributed by atoms with Gasteiger partial charge in [-0.3, -0.25) is 24.8 Å². The molecule has 0 spiro atoms. The Hall–Kier alpha value is -2.07. The van der Waals surface area contributed by atoms with Gasteiger partial charge in [-0.15, -0.1) is 0 Å². The third-order valence-electron chi connectivity index (χ3n) is 1.47. The standard InChI is InChI=1S/C6H4N2O7S/c9-7(10)4-1-5(8(11)12)3-6(2-4)15-16(13)14/h1-3H,(H,13,14). The fraction of sp³-hybridized carbons (Fsp3) is 0. The zero-order valence-corrected chi connectivity index (χ0v) is 8.25. The lowest BCUT2D eigenvalue weighted by Gasteiger charge is -1.99. The van der Waals surface area contributed by atoms with E-state index >= 15 is 0 Å². The molecule has 0 aliphatic heterocycles. The van der Waals surface area contributed by atoms with Crippen molar-refractivity contribution in [1.82, 2.24) is 0 Å². The van der Waals surface area contributed by atoms with Crippen molar-refractivity contribution in [3.8, 4) is 5.75 Å². The molecule has 0 fully saturated rings. The van der Waals surface area contributed by atoms with Crippen molar-refractivity contribution in [3.63, 3.8) is 0 Å². The Labute approximate surface area is 90.4 Å². The Kier molecular flexibility index (Phi) is 3.48. The van der Waals surface area contributed by atoms with Gasteiger partial charge in [-0.25, -0.2) is 0 Å². The van der Waals surface area contributed by atoms with Gasteiger partial charge in [0, 0.05) is 0 Å². The first-order valence-corrected chi connectivity index (χ1v) is 4.66. The van der Waals surface area contributed by atoms with Gasteiger partial charge < -0.3 is 4.18 Å². The van der Waals surface area contributed by atoms with Gasteiger partial charge in [-0.2, -0.15) is 4.21 Å². The summed E-state index contributed by atoms with van der Waals surface area (Å²) in [6, 6.07) is 2.33. The smallest absolute Gasteiger partial charge is 0.357 e. The molecule has 0 radical (unpaired) electrons. The van der Waals surface area contributed by atoms with Crippen LogP contribution in [0.3, 0.4) is 0 Å². The van der Waals surface area contributed by atoms with Gasteiger partial charge in [0.25, 0.3) is 11.4 Å². The van der Waals surface area contributed by atoms with E-state index in [0.29, 0.717) is 6.07 Å². The monoisotopic (exact) mass is 248 g/mol. The van der Waals surface area contributed by atoms with E-state index in [-0.39, 0.29) is 0 Å². The Bertz CT molecular complexity index is 442. The summed E-state index contributed by atoms with van der Waals surface area (Å²) in [4.78, 5) is 19.1. The lowest BCUT2D eigenvalue weighted by atomic mass is 10.2. The van der Waals surface area contributed by atoms with Crippen LogP contribution in [0.1, 0.15) is 0 Å². The van der Waals surface area contributed by atoms with E-state index in [0.717, 1.165) is 12.1 Å². The highest BCUT2D eigenvalue weighted by atomic mass is 32.2. The van der Waals surface area contributed by atoms with E-state index in [1.54, 1.807) is 0 Å². The lowest BCUT2D eigenvalue weighted by Crippen LogP contribution is -1.99. The molecule has 10 heteroatoms. The maximum atomic E-state index is 10.4. The molecule has 0 amide bonds. The van der Waals surface area contributed by atoms with Crippen LogP contribution in [0.25, 0.3) is 0 Å². The van der Waals surface area contributed by atoms with E-state index in [9.17, 15) is 24.4 Å². The van der Waals surface area contributed by atoms with Crippen LogP contribution in [0.2, 0.25) is 0 Å². The summed E-state index contributed by atoms with van der Waals surface area (Å²) in [6.07, 6.45) is 0. The highest BCUT2D eigenvalue weighted by molar-refractivity contribution is 7.74. The van der Waals surface area contributed by atoms with Crippen molar-refractivity contribution in [2.75, 3.05) is 0 Å². The quantitative estimate of drug-likeness (QED) is 0.477. The summed E-state index contributed by atoms with van der Waals surface area (Å²) >= 11 is -2.70. The minimum atomic E-state index is -2.70. The zero-order chi connectivity index (χ0) is 12.3. The maximum absolute atomic E-state index is 10.4. The molecule has 1 atom stereocenters. The van der Waals surface area contributed by atoms with Crippen LogP contribution in [0.5, 0.6) is 5.75 Å². The van der Waals surface area contributed by atoms with Crippen molar-refractivity contribution in [1.29, 1.82) is 0 Å². The normalized spacial score (nSPS) is 11.8. The molecule has 1 aromatic carbocycles. The summed E-state index contributed by atoms with van der Waals surface area (Å²) in [5, 5.41) is 20.8. The van der Waals surface area contributed by atoms with Gasteiger partial charge >= 0.3 is 11.4 Å². The van der Waals surface area contributed by atoms with Crippen molar-refractivity contribution in [2.24, 2.45) is 0 Å². The third kappa shape index (κ3) is 2.96. The van der Waals surface area contributed by atoms with Crippen LogP contribution in [-0.2, 0) is 11.4 Å². The lowest BCUT2D eigenvalue weighted by molar-refractivity contribution is -0.394. The molecule has 0 saturated carbocycles. The Balaban J connectivity index is 3.23. The van der Waals surface area contributed by atoms with Crippen molar-refractivity contribution in [3.05, 3.63) is 38.4 Å². The third-order valence-corrected chi connectivity index (χ3v) is 1.80. The molecule has 0 aromatic heterocycles. The van der Waals surface area contributed by atoms with Gasteiger partial charge in [0.15, 0.2) is 5.75 Å². The average Bonchev–Trinajstić information content (AvgIpc) is 2.15. The van der Waals surface area contributed by atoms with Crippen molar-refractivity contribution in [2.45, 2.75) is 0 Å². The Morgan fingerprint density at radius 3 is 1.88 bits per heavy atom. The maximum Gasteiger partial charge on any atom is 0.357 e. The molecule has 86 valence electrons. The van der Waals surface area contributed by atoms with Gasteiger partial charge in [0.1, 0.15) is 0 Å². The van der Waals surface area contributed by atoms with Gasteiger partial charge in [0.05, 0.1) is 28.0 Å². The number of rotatable bonds is 4. The predicted molar refractivity (Wildman–Crippen MR) is 51.1 cm³/mol. The summed E-state index contributed by atoms with van der Waals surface area (Å²) in [5.74, 6) is -0.429. The van der Waals surface area contributed by atoms with E-state index in [1.165, 1.54) is 0 Å². The number of benzene rings is 1. The largest absolute Gasteiger partial charge is 0.380 e. The van der Waals surface area contributed by atoms with Crippen molar-refractivity contribution < 1.29 is 22.8 Å². The fourth-order valence-electron chi connectivity index (χ4n) is 0.909. The summed E-state index contributed by atoms with van der Waals surface area (Å²) < 4.78 is 22.9. The summed E-state index contributed by atoms with van der Waals surface area (Å²) in [6.45, 7) is 0. The van der Waals surface area contributed by atoms with Crippen LogP contribution >= 0.6 is 0 Å². The molecule has 1 rings (SSSR count). The number of nitrogens with zero attached hydrogens (tertiary/aromatic N) is 2.